The first-order valence-corrected chi connectivity index (χ1v) is 6.70. The molecule has 2 aromatic carbocycles. The van der Waals surface area contributed by atoms with Crippen molar-refractivity contribution in [2.45, 2.75) is 13.0 Å². The van der Waals surface area contributed by atoms with Gasteiger partial charge in [-0.1, -0.05) is 30.3 Å². The summed E-state index contributed by atoms with van der Waals surface area (Å²) in [4.78, 5) is 11.7. The number of hydrogen-bond acceptors (Lipinski definition) is 2. The molecule has 2 rings (SSSR count). The average molecular weight is 327 g/mol. The number of benzene rings is 2. The molecule has 1 N–H and O–H groups in total. The summed E-state index contributed by atoms with van der Waals surface area (Å²) in [5, 5.41) is 2.54. The quantitative estimate of drug-likeness (QED) is 0.674. The second kappa shape index (κ2) is 7.13. The van der Waals surface area contributed by atoms with Crippen LogP contribution in [0.2, 0.25) is 0 Å². The lowest BCUT2D eigenvalue weighted by molar-refractivity contribution is -0.123. The van der Waals surface area contributed by atoms with E-state index in [-0.39, 0.29) is 12.1 Å². The van der Waals surface area contributed by atoms with Gasteiger partial charge >= 0.3 is 0 Å². The van der Waals surface area contributed by atoms with Gasteiger partial charge in [0.15, 0.2) is 24.0 Å². The van der Waals surface area contributed by atoms with E-state index in [4.69, 9.17) is 0 Å². The third-order valence-corrected chi connectivity index (χ3v) is 3.10. The van der Waals surface area contributed by atoms with Crippen LogP contribution in [0.3, 0.4) is 0 Å². The van der Waals surface area contributed by atoms with Gasteiger partial charge in [-0.3, -0.25) is 4.79 Å². The van der Waals surface area contributed by atoms with Gasteiger partial charge in [-0.2, -0.15) is 8.78 Å². The second-order valence-corrected chi connectivity index (χ2v) is 4.79. The van der Waals surface area contributed by atoms with Gasteiger partial charge in [-0.15, -0.1) is 0 Å². The fourth-order valence-electron chi connectivity index (χ4n) is 1.92. The van der Waals surface area contributed by atoms with Gasteiger partial charge in [0.1, 0.15) is 0 Å². The molecule has 3 nitrogen and oxygen atoms in total. The van der Waals surface area contributed by atoms with Crippen LogP contribution in [-0.2, 0) is 4.79 Å². The molecule has 0 fully saturated rings. The number of halogens is 4. The Bertz CT molecular complexity index is 681. The third-order valence-electron chi connectivity index (χ3n) is 3.10. The van der Waals surface area contributed by atoms with Crippen molar-refractivity contribution in [2.75, 3.05) is 6.61 Å². The fraction of sp³-hybridized carbons (Fsp3) is 0.188. The molecule has 1 atom stereocenters. The Labute approximate surface area is 129 Å². The van der Waals surface area contributed by atoms with E-state index in [1.807, 2.05) is 6.07 Å². The molecule has 23 heavy (non-hydrogen) atoms. The van der Waals surface area contributed by atoms with Gasteiger partial charge in [-0.25, -0.2) is 8.78 Å². The van der Waals surface area contributed by atoms with Gasteiger partial charge in [0, 0.05) is 6.07 Å². The predicted molar refractivity (Wildman–Crippen MR) is 74.8 cm³/mol. The lowest BCUT2D eigenvalue weighted by Crippen LogP contribution is -2.31. The first-order chi connectivity index (χ1) is 10.9. The van der Waals surface area contributed by atoms with Gasteiger partial charge in [0.25, 0.3) is 5.91 Å². The normalized spacial score (nSPS) is 11.9. The average Bonchev–Trinajstić information content (AvgIpc) is 2.53. The summed E-state index contributed by atoms with van der Waals surface area (Å²) in [5.74, 6) is -8.52. The zero-order valence-corrected chi connectivity index (χ0v) is 12.1. The minimum absolute atomic E-state index is 0.0646. The summed E-state index contributed by atoms with van der Waals surface area (Å²) in [6.07, 6.45) is 0. The Morgan fingerprint density at radius 1 is 1.09 bits per heavy atom. The molecule has 0 aliphatic rings. The van der Waals surface area contributed by atoms with E-state index in [1.54, 1.807) is 31.2 Å². The van der Waals surface area contributed by atoms with Crippen molar-refractivity contribution in [3.05, 3.63) is 65.2 Å². The number of carbonyl (C=O) groups is 1. The smallest absolute Gasteiger partial charge is 0.258 e. The minimum Gasteiger partial charge on any atom is -0.477 e. The van der Waals surface area contributed by atoms with Crippen LogP contribution < -0.4 is 10.1 Å². The minimum atomic E-state index is -1.69. The van der Waals surface area contributed by atoms with Crippen LogP contribution in [0.25, 0.3) is 0 Å². The van der Waals surface area contributed by atoms with E-state index in [2.05, 4.69) is 10.1 Å². The standard InChI is InChI=1S/C16H13F4NO2/c1-9(10-5-3-2-4-6-10)21-13(22)8-23-16-14(19)11(17)7-12(18)15(16)20/h2-7,9H,8H2,1H3,(H,21,22)/t9-/m0/s1. The summed E-state index contributed by atoms with van der Waals surface area (Å²) in [6.45, 7) is 0.921. The monoisotopic (exact) mass is 327 g/mol. The van der Waals surface area contributed by atoms with Crippen molar-refractivity contribution in [3.63, 3.8) is 0 Å². The summed E-state index contributed by atoms with van der Waals surface area (Å²) in [5.41, 5.74) is 0.815. The van der Waals surface area contributed by atoms with Gasteiger partial charge in [-0.05, 0) is 12.5 Å². The highest BCUT2D eigenvalue weighted by atomic mass is 19.2. The van der Waals surface area contributed by atoms with Crippen molar-refractivity contribution in [3.8, 4) is 5.75 Å². The molecular formula is C16H13F4NO2. The molecule has 0 bridgehead atoms. The van der Waals surface area contributed by atoms with Crippen LogP contribution in [-0.4, -0.2) is 12.5 Å². The van der Waals surface area contributed by atoms with Crippen LogP contribution in [0.1, 0.15) is 18.5 Å². The van der Waals surface area contributed by atoms with Gasteiger partial charge < -0.3 is 10.1 Å². The third kappa shape index (κ3) is 4.00. The van der Waals surface area contributed by atoms with Crippen LogP contribution in [0.5, 0.6) is 5.75 Å². The molecule has 1 amide bonds. The molecule has 0 heterocycles. The number of rotatable bonds is 5. The van der Waals surface area contributed by atoms with E-state index < -0.39 is 41.5 Å². The van der Waals surface area contributed by atoms with Crippen molar-refractivity contribution < 1.29 is 27.1 Å². The van der Waals surface area contributed by atoms with E-state index in [1.165, 1.54) is 0 Å². The molecule has 0 saturated carbocycles. The number of carbonyl (C=O) groups excluding carboxylic acids is 1. The Hall–Kier alpha value is -2.57. The van der Waals surface area contributed by atoms with E-state index >= 15 is 0 Å². The van der Waals surface area contributed by atoms with Crippen molar-refractivity contribution in [1.29, 1.82) is 0 Å². The van der Waals surface area contributed by atoms with Crippen molar-refractivity contribution in [2.24, 2.45) is 0 Å². The summed E-state index contributed by atoms with van der Waals surface area (Å²) < 4.78 is 57.4. The maximum atomic E-state index is 13.4. The molecule has 7 heteroatoms. The number of hydrogen-bond donors (Lipinski definition) is 1. The Balaban J connectivity index is 2.00. The number of ether oxygens (including phenoxy) is 1. The Morgan fingerprint density at radius 3 is 2.22 bits per heavy atom. The SMILES string of the molecule is C[C@H](NC(=O)COc1c(F)c(F)cc(F)c1F)c1ccccc1. The zero-order valence-electron chi connectivity index (χ0n) is 12.1. The second-order valence-electron chi connectivity index (χ2n) is 4.79. The van der Waals surface area contributed by atoms with Crippen LogP contribution in [0.15, 0.2) is 36.4 Å². The molecule has 0 aliphatic carbocycles. The van der Waals surface area contributed by atoms with Gasteiger partial charge in [0.2, 0.25) is 11.6 Å². The maximum Gasteiger partial charge on any atom is 0.258 e. The lowest BCUT2D eigenvalue weighted by atomic mass is 10.1. The Morgan fingerprint density at radius 2 is 1.65 bits per heavy atom. The van der Waals surface area contributed by atoms with Crippen molar-refractivity contribution >= 4 is 5.91 Å². The summed E-state index contributed by atoms with van der Waals surface area (Å²) >= 11 is 0. The van der Waals surface area contributed by atoms with Crippen LogP contribution in [0.4, 0.5) is 17.6 Å². The summed E-state index contributed by atoms with van der Waals surface area (Å²) in [7, 11) is 0. The number of amides is 1. The largest absolute Gasteiger partial charge is 0.477 e. The Kier molecular flexibility index (Phi) is 5.20. The summed E-state index contributed by atoms with van der Waals surface area (Å²) in [6, 6.07) is 8.65. The first kappa shape index (κ1) is 16.8. The molecule has 0 saturated heterocycles. The topological polar surface area (TPSA) is 38.3 Å². The number of nitrogens with one attached hydrogen (secondary N) is 1. The van der Waals surface area contributed by atoms with Crippen LogP contribution in [0, 0.1) is 23.3 Å². The molecule has 0 aromatic heterocycles. The highest BCUT2D eigenvalue weighted by Crippen LogP contribution is 2.26. The fourth-order valence-corrected chi connectivity index (χ4v) is 1.92. The molecule has 0 radical (unpaired) electrons. The maximum absolute atomic E-state index is 13.4. The van der Waals surface area contributed by atoms with E-state index in [0.29, 0.717) is 0 Å². The highest BCUT2D eigenvalue weighted by Gasteiger charge is 2.21. The molecule has 122 valence electrons. The first-order valence-electron chi connectivity index (χ1n) is 6.70. The van der Waals surface area contributed by atoms with E-state index in [0.717, 1.165) is 5.56 Å². The lowest BCUT2D eigenvalue weighted by Gasteiger charge is -2.15. The molecular weight excluding hydrogens is 314 g/mol. The highest BCUT2D eigenvalue weighted by molar-refractivity contribution is 5.78. The van der Waals surface area contributed by atoms with E-state index in [9.17, 15) is 22.4 Å². The van der Waals surface area contributed by atoms with Gasteiger partial charge in [0.05, 0.1) is 6.04 Å². The predicted octanol–water partition coefficient (Wildman–Crippen LogP) is 3.50. The molecule has 0 aliphatic heterocycles. The van der Waals surface area contributed by atoms with Crippen molar-refractivity contribution in [1.82, 2.24) is 5.32 Å². The molecule has 0 spiro atoms. The molecule has 0 unspecified atom stereocenters. The zero-order chi connectivity index (χ0) is 17.0. The van der Waals surface area contributed by atoms with Crippen LogP contribution >= 0.6 is 0 Å². The molecule has 2 aromatic rings.